The molecule has 2 saturated heterocycles. The van der Waals surface area contributed by atoms with Crippen LogP contribution in [0.5, 0.6) is 0 Å². The molecule has 3 unspecified atom stereocenters. The van der Waals surface area contributed by atoms with Crippen LogP contribution in [0.4, 0.5) is 20.1 Å². The molecule has 2 fully saturated rings. The molecule has 3 atom stereocenters. The Hall–Kier alpha value is -6.75. The molecule has 0 bridgehead atoms. The summed E-state index contributed by atoms with van der Waals surface area (Å²) < 4.78 is 26.6. The summed E-state index contributed by atoms with van der Waals surface area (Å²) in [6.45, 7) is 4.11. The van der Waals surface area contributed by atoms with Gasteiger partial charge in [0.2, 0.25) is 17.7 Å². The smallest absolute Gasteiger partial charge is 0.407 e. The molecule has 0 spiro atoms. The Balaban J connectivity index is 0.675. The number of nitrogens with one attached hydrogen (secondary N) is 8. The Labute approximate surface area is 467 Å². The van der Waals surface area contributed by atoms with Gasteiger partial charge in [0.1, 0.15) is 13.2 Å². The Bertz CT molecular complexity index is 2330. The van der Waals surface area contributed by atoms with Crippen LogP contribution in [0.2, 0.25) is 0 Å². The first-order valence-corrected chi connectivity index (χ1v) is 28.5. The number of unbranched alkanes of at least 4 members (excludes halogenated alkanes) is 4. The molecule has 2 heterocycles. The maximum absolute atomic E-state index is 13.1. The molecule has 428 valence electrons. The molecule has 0 radical (unpaired) electrons. The first-order valence-electron chi connectivity index (χ1n) is 27.4. The SMILES string of the molecule is O=C(CCCCC1SCC2NC(=O)NC21)NCCNCCOCCNC(=O)OCCOCCOCCOC(=O)NCc1ccc(NC(=O)CCCCCCC(=O)NOC(c2ccccc2)(c2ccccc2)c2ccccc2)cc1. The second-order valence-corrected chi connectivity index (χ2v) is 20.2. The van der Waals surface area contributed by atoms with Crippen molar-refractivity contribution in [3.63, 3.8) is 0 Å². The van der Waals surface area contributed by atoms with Gasteiger partial charge in [0.05, 0.1) is 51.7 Å². The van der Waals surface area contributed by atoms with Crippen LogP contribution in [0.25, 0.3) is 0 Å². The Morgan fingerprint density at radius 1 is 0.532 bits per heavy atom. The summed E-state index contributed by atoms with van der Waals surface area (Å²) in [5.41, 5.74) is 5.84. The number of benzene rings is 4. The summed E-state index contributed by atoms with van der Waals surface area (Å²) in [5, 5.41) is 20.7. The number of amides is 7. The fourth-order valence-corrected chi connectivity index (χ4v) is 10.5. The van der Waals surface area contributed by atoms with E-state index in [1.165, 1.54) is 0 Å². The summed E-state index contributed by atoms with van der Waals surface area (Å²) in [7, 11) is 0. The van der Waals surface area contributed by atoms with Crippen LogP contribution in [0.3, 0.4) is 0 Å². The Kier molecular flexibility index (Phi) is 27.8. The predicted molar refractivity (Wildman–Crippen MR) is 301 cm³/mol. The maximum Gasteiger partial charge on any atom is 0.407 e. The van der Waals surface area contributed by atoms with Crippen molar-refractivity contribution in [2.45, 2.75) is 93.7 Å². The molecular weight excluding hydrogens is 1030 g/mol. The number of carbonyl (C=O) groups excluding carboxylic acids is 6. The van der Waals surface area contributed by atoms with E-state index in [1.54, 1.807) is 12.1 Å². The van der Waals surface area contributed by atoms with Crippen LogP contribution in [-0.4, -0.2) is 138 Å². The molecule has 8 N–H and O–H groups in total. The summed E-state index contributed by atoms with van der Waals surface area (Å²) >= 11 is 1.89. The molecular formula is C58H78N8O12S. The van der Waals surface area contributed by atoms with Crippen molar-refractivity contribution in [3.05, 3.63) is 138 Å². The van der Waals surface area contributed by atoms with Crippen LogP contribution >= 0.6 is 11.8 Å². The van der Waals surface area contributed by atoms with E-state index in [0.29, 0.717) is 76.0 Å². The first kappa shape index (κ1) is 61.5. The second-order valence-electron chi connectivity index (χ2n) is 18.9. The van der Waals surface area contributed by atoms with Gasteiger partial charge < -0.3 is 60.9 Å². The fourth-order valence-electron chi connectivity index (χ4n) is 8.97. The van der Waals surface area contributed by atoms with Crippen LogP contribution in [-0.2, 0) is 55.1 Å². The molecule has 2 aliphatic heterocycles. The molecule has 0 aliphatic carbocycles. The lowest BCUT2D eigenvalue weighted by Crippen LogP contribution is -2.40. The third kappa shape index (κ3) is 22.5. The minimum atomic E-state index is -1.05. The van der Waals surface area contributed by atoms with E-state index in [1.807, 2.05) is 115 Å². The van der Waals surface area contributed by atoms with Crippen molar-refractivity contribution in [2.75, 3.05) is 90.1 Å². The largest absolute Gasteiger partial charge is 0.447 e. The van der Waals surface area contributed by atoms with E-state index >= 15 is 0 Å². The minimum Gasteiger partial charge on any atom is -0.447 e. The zero-order valence-corrected chi connectivity index (χ0v) is 45.8. The third-order valence-electron chi connectivity index (χ3n) is 13.0. The molecule has 4 aromatic rings. The number of rotatable bonds is 38. The third-order valence-corrected chi connectivity index (χ3v) is 14.5. The highest BCUT2D eigenvalue weighted by atomic mass is 32.2. The summed E-state index contributed by atoms with van der Waals surface area (Å²) in [6, 6.07) is 37.1. The number of carbonyl (C=O) groups is 6. The van der Waals surface area contributed by atoms with Gasteiger partial charge in [0, 0.05) is 68.7 Å². The molecule has 79 heavy (non-hydrogen) atoms. The number of hydroxylamine groups is 1. The van der Waals surface area contributed by atoms with Gasteiger partial charge in [-0.1, -0.05) is 122 Å². The lowest BCUT2D eigenvalue weighted by atomic mass is 9.80. The second kappa shape index (κ2) is 35.7. The van der Waals surface area contributed by atoms with Gasteiger partial charge in [-0.15, -0.1) is 0 Å². The van der Waals surface area contributed by atoms with Gasteiger partial charge in [-0.05, 0) is 60.1 Å². The first-order chi connectivity index (χ1) is 38.7. The van der Waals surface area contributed by atoms with Gasteiger partial charge in [-0.2, -0.15) is 11.8 Å². The van der Waals surface area contributed by atoms with Crippen LogP contribution in [0, 0.1) is 0 Å². The van der Waals surface area contributed by atoms with Gasteiger partial charge in [-0.3, -0.25) is 19.2 Å². The Morgan fingerprint density at radius 3 is 1.71 bits per heavy atom. The summed E-state index contributed by atoms with van der Waals surface area (Å²) in [5.74, 6) is 0.660. The van der Waals surface area contributed by atoms with E-state index in [-0.39, 0.29) is 88.4 Å². The topological polar surface area (TPSA) is 254 Å². The lowest BCUT2D eigenvalue weighted by Gasteiger charge is -2.35. The molecule has 4 aromatic carbocycles. The molecule has 6 rings (SSSR count). The van der Waals surface area contributed by atoms with Crippen molar-refractivity contribution in [1.82, 2.24) is 37.4 Å². The number of fused-ring (bicyclic) bond motifs is 1. The van der Waals surface area contributed by atoms with Crippen molar-refractivity contribution in [1.29, 1.82) is 0 Å². The molecule has 2 aliphatic rings. The highest BCUT2D eigenvalue weighted by Crippen LogP contribution is 2.40. The van der Waals surface area contributed by atoms with Gasteiger partial charge in [-0.25, -0.2) is 19.9 Å². The van der Waals surface area contributed by atoms with Gasteiger partial charge in [0.15, 0.2) is 5.60 Å². The summed E-state index contributed by atoms with van der Waals surface area (Å²) in [6.07, 6.45) is 5.65. The number of hydrogen-bond donors (Lipinski definition) is 8. The van der Waals surface area contributed by atoms with E-state index in [4.69, 9.17) is 28.5 Å². The molecule has 0 saturated carbocycles. The molecule has 0 aromatic heterocycles. The normalized spacial score (nSPS) is 15.5. The number of urea groups is 1. The molecule has 7 amide bonds. The highest BCUT2D eigenvalue weighted by Gasteiger charge is 2.42. The number of anilines is 1. The number of ether oxygens (including phenoxy) is 5. The van der Waals surface area contributed by atoms with E-state index < -0.39 is 17.8 Å². The number of alkyl carbamates (subject to hydrolysis) is 2. The molecule has 20 nitrogen and oxygen atoms in total. The monoisotopic (exact) mass is 1110 g/mol. The van der Waals surface area contributed by atoms with Crippen LogP contribution in [0.1, 0.15) is 86.5 Å². The van der Waals surface area contributed by atoms with E-state index in [2.05, 4.69) is 42.7 Å². The van der Waals surface area contributed by atoms with Crippen LogP contribution < -0.4 is 42.7 Å². The lowest BCUT2D eigenvalue weighted by molar-refractivity contribution is -0.143. The number of hydrogen-bond acceptors (Lipinski definition) is 14. The van der Waals surface area contributed by atoms with Crippen molar-refractivity contribution < 1.29 is 57.3 Å². The van der Waals surface area contributed by atoms with Crippen molar-refractivity contribution in [3.8, 4) is 0 Å². The van der Waals surface area contributed by atoms with Gasteiger partial charge in [0.25, 0.3) is 0 Å². The minimum absolute atomic E-state index is 0.0379. The number of thioether (sulfide) groups is 1. The average Bonchev–Trinajstić information content (AvgIpc) is 4.04. The zero-order chi connectivity index (χ0) is 55.6. The van der Waals surface area contributed by atoms with Crippen molar-refractivity contribution in [2.24, 2.45) is 0 Å². The quantitative estimate of drug-likeness (QED) is 0.0104. The zero-order valence-electron chi connectivity index (χ0n) is 45.0. The molecule has 21 heteroatoms. The van der Waals surface area contributed by atoms with Gasteiger partial charge >= 0.3 is 18.2 Å². The average molecular weight is 1110 g/mol. The maximum atomic E-state index is 13.1. The van der Waals surface area contributed by atoms with E-state index in [9.17, 15) is 28.8 Å². The van der Waals surface area contributed by atoms with Crippen LogP contribution in [0.15, 0.2) is 115 Å². The van der Waals surface area contributed by atoms with E-state index in [0.717, 1.165) is 60.1 Å². The summed E-state index contributed by atoms with van der Waals surface area (Å²) in [4.78, 5) is 79.9. The Morgan fingerprint density at radius 2 is 1.08 bits per heavy atom. The fraction of sp³-hybridized carbons (Fsp3) is 0.483. The van der Waals surface area contributed by atoms with Crippen molar-refractivity contribution >= 4 is 53.4 Å². The standard InChI is InChI=1S/C58H78N8O12S/c67-51(23-15-14-22-50-54-49(43-79-50)64-55(70)65-54)60-31-30-59-32-34-73-35-33-61-56(71)76-40-38-74-36-37-75-39-41-77-57(72)62-42-44-26-28-48(29-27-44)63-52(68)24-12-1-2-13-25-53(69)66-78-58(45-16-6-3-7-17-45,46-18-8-4-9-19-46)47-20-10-5-11-21-47/h3-11,16-21,26-29,49-50,54,59H,1-2,12-15,22-25,30-43H2,(H,60,67)(H,61,71)(H,62,72)(H,63,68)(H,66,69)(H2,64,65,70). The highest BCUT2D eigenvalue weighted by molar-refractivity contribution is 8.00. The predicted octanol–water partition coefficient (Wildman–Crippen LogP) is 6.44.